The van der Waals surface area contributed by atoms with Crippen LogP contribution in [0.15, 0.2) is 42.5 Å². The molecule has 0 heterocycles. The highest BCUT2D eigenvalue weighted by molar-refractivity contribution is 7.70. The summed E-state index contributed by atoms with van der Waals surface area (Å²) < 4.78 is 70.3. The van der Waals surface area contributed by atoms with Crippen LogP contribution in [0.4, 0.5) is 13.2 Å². The fourth-order valence-corrected chi connectivity index (χ4v) is 5.78. The predicted molar refractivity (Wildman–Crippen MR) is 121 cm³/mol. The van der Waals surface area contributed by atoms with Gasteiger partial charge < -0.3 is 10.1 Å². The minimum absolute atomic E-state index is 0.0289. The summed E-state index contributed by atoms with van der Waals surface area (Å²) in [6.07, 6.45) is 0.158. The standard InChI is InChI=1S/C24H29F3N2O3S/c1-28-22-14-17-6-7-19(32-11-10-23(8-3-9-23)29-33(30)31)15-20(17)21(22)13-16-4-2-5-18(12-16)24(25,26)27/h2,4-7,12,15,21-22,28,33H,3,8-11,13-14H2,1H3,(H,29,30,31). The van der Waals surface area contributed by atoms with Crippen LogP contribution in [0.1, 0.15) is 53.9 Å². The molecule has 5 nitrogen and oxygen atoms in total. The molecule has 1 saturated carbocycles. The molecule has 0 bridgehead atoms. The lowest BCUT2D eigenvalue weighted by atomic mass is 9.75. The monoisotopic (exact) mass is 482 g/mol. The molecule has 0 saturated heterocycles. The summed E-state index contributed by atoms with van der Waals surface area (Å²) in [4.78, 5) is 0. The van der Waals surface area contributed by atoms with Gasteiger partial charge in [-0.25, -0.2) is 13.1 Å². The van der Waals surface area contributed by atoms with Gasteiger partial charge in [-0.3, -0.25) is 0 Å². The van der Waals surface area contributed by atoms with Gasteiger partial charge in [-0.2, -0.15) is 13.2 Å². The molecule has 180 valence electrons. The smallest absolute Gasteiger partial charge is 0.416 e. The zero-order chi connectivity index (χ0) is 23.6. The lowest BCUT2D eigenvalue weighted by Gasteiger charge is -2.40. The van der Waals surface area contributed by atoms with E-state index in [0.29, 0.717) is 30.8 Å². The van der Waals surface area contributed by atoms with Crippen molar-refractivity contribution in [2.24, 2.45) is 0 Å². The van der Waals surface area contributed by atoms with Crippen molar-refractivity contribution in [2.45, 2.75) is 62.2 Å². The average molecular weight is 483 g/mol. The largest absolute Gasteiger partial charge is 0.494 e. The second-order valence-corrected chi connectivity index (χ2v) is 9.81. The Morgan fingerprint density at radius 1 is 1.15 bits per heavy atom. The molecule has 2 aromatic rings. The maximum Gasteiger partial charge on any atom is 0.416 e. The summed E-state index contributed by atoms with van der Waals surface area (Å²) in [6.45, 7) is 0.392. The predicted octanol–water partition coefficient (Wildman–Crippen LogP) is 3.98. The van der Waals surface area contributed by atoms with Crippen molar-refractivity contribution in [3.8, 4) is 5.75 Å². The molecule has 0 aromatic heterocycles. The molecule has 2 atom stereocenters. The number of hydrogen-bond acceptors (Lipinski definition) is 4. The summed E-state index contributed by atoms with van der Waals surface area (Å²) in [5.74, 6) is 0.724. The zero-order valence-corrected chi connectivity index (χ0v) is 19.3. The van der Waals surface area contributed by atoms with Gasteiger partial charge in [0, 0.05) is 23.9 Å². The molecular formula is C24H29F3N2O3S. The van der Waals surface area contributed by atoms with Gasteiger partial charge in [0.25, 0.3) is 0 Å². The first kappa shape index (κ1) is 24.0. The van der Waals surface area contributed by atoms with Crippen molar-refractivity contribution in [1.82, 2.24) is 10.0 Å². The Hall–Kier alpha value is -2.10. The Morgan fingerprint density at radius 3 is 2.58 bits per heavy atom. The van der Waals surface area contributed by atoms with Crippen LogP contribution >= 0.6 is 0 Å². The highest BCUT2D eigenvalue weighted by Crippen LogP contribution is 2.39. The molecular weight excluding hydrogens is 453 g/mol. The molecule has 0 radical (unpaired) electrons. The molecule has 2 unspecified atom stereocenters. The third-order valence-electron chi connectivity index (χ3n) is 7.01. The van der Waals surface area contributed by atoms with Gasteiger partial charge in [-0.05, 0) is 74.0 Å². The number of benzene rings is 2. The fraction of sp³-hybridized carbons (Fsp3) is 0.500. The van der Waals surface area contributed by atoms with Gasteiger partial charge in [0.2, 0.25) is 10.9 Å². The van der Waals surface area contributed by atoms with Crippen molar-refractivity contribution in [2.75, 3.05) is 13.7 Å². The van der Waals surface area contributed by atoms with E-state index in [1.54, 1.807) is 6.07 Å². The van der Waals surface area contributed by atoms with Crippen LogP contribution in [0, 0.1) is 0 Å². The van der Waals surface area contributed by atoms with Gasteiger partial charge in [0.15, 0.2) is 0 Å². The summed E-state index contributed by atoms with van der Waals surface area (Å²) in [5, 5.41) is 3.31. The van der Waals surface area contributed by atoms with E-state index < -0.39 is 28.2 Å². The molecule has 4 rings (SSSR count). The SMILES string of the molecule is CNC1Cc2ccc(OCCC3(N[SH](=O)=O)CCC3)cc2C1Cc1cccc(C(F)(F)F)c1. The van der Waals surface area contributed by atoms with Crippen LogP contribution in [0.25, 0.3) is 0 Å². The molecule has 9 heteroatoms. The highest BCUT2D eigenvalue weighted by Gasteiger charge is 2.37. The number of halogens is 3. The quantitative estimate of drug-likeness (QED) is 0.473. The van der Waals surface area contributed by atoms with Crippen LogP contribution in [-0.2, 0) is 29.9 Å². The third kappa shape index (κ3) is 5.53. The summed E-state index contributed by atoms with van der Waals surface area (Å²) in [5.41, 5.74) is 1.88. The van der Waals surface area contributed by atoms with E-state index >= 15 is 0 Å². The van der Waals surface area contributed by atoms with E-state index in [2.05, 4.69) is 10.0 Å². The van der Waals surface area contributed by atoms with Crippen molar-refractivity contribution in [1.29, 1.82) is 0 Å². The van der Waals surface area contributed by atoms with E-state index in [1.807, 2.05) is 25.2 Å². The van der Waals surface area contributed by atoms with Gasteiger partial charge in [-0.1, -0.05) is 24.3 Å². The van der Waals surface area contributed by atoms with E-state index in [9.17, 15) is 21.6 Å². The molecule has 2 aromatic carbocycles. The summed E-state index contributed by atoms with van der Waals surface area (Å²) in [7, 11) is -0.774. The highest BCUT2D eigenvalue weighted by atomic mass is 32.2. The normalized spacial score (nSPS) is 21.6. The van der Waals surface area contributed by atoms with Crippen LogP contribution in [0.5, 0.6) is 5.75 Å². The Kier molecular flexibility index (Phi) is 7.02. The van der Waals surface area contributed by atoms with Crippen LogP contribution in [0.2, 0.25) is 0 Å². The maximum absolute atomic E-state index is 13.2. The number of alkyl halides is 3. The topological polar surface area (TPSA) is 67.4 Å². The van der Waals surface area contributed by atoms with Crippen LogP contribution < -0.4 is 14.8 Å². The minimum Gasteiger partial charge on any atom is -0.494 e. The fourth-order valence-electron chi connectivity index (χ4n) is 5.05. The number of ether oxygens (including phenoxy) is 1. The van der Waals surface area contributed by atoms with Crippen molar-refractivity contribution in [3.05, 3.63) is 64.7 Å². The van der Waals surface area contributed by atoms with Gasteiger partial charge in [-0.15, -0.1) is 0 Å². The summed E-state index contributed by atoms with van der Waals surface area (Å²) >= 11 is 0. The van der Waals surface area contributed by atoms with Crippen LogP contribution in [0.3, 0.4) is 0 Å². The molecule has 0 amide bonds. The minimum atomic E-state index is -4.36. The number of nitrogens with one attached hydrogen (secondary N) is 2. The van der Waals surface area contributed by atoms with Gasteiger partial charge >= 0.3 is 6.18 Å². The molecule has 2 aliphatic rings. The Balaban J connectivity index is 1.47. The maximum atomic E-state index is 13.2. The van der Waals surface area contributed by atoms with E-state index in [4.69, 9.17) is 4.74 Å². The Labute approximate surface area is 193 Å². The van der Waals surface area contributed by atoms with E-state index in [1.165, 1.54) is 17.7 Å². The number of thiol groups is 1. The first-order valence-electron chi connectivity index (χ1n) is 11.2. The van der Waals surface area contributed by atoms with Crippen molar-refractivity contribution in [3.63, 3.8) is 0 Å². The molecule has 0 spiro atoms. The zero-order valence-electron chi connectivity index (χ0n) is 18.5. The number of rotatable bonds is 9. The van der Waals surface area contributed by atoms with Crippen molar-refractivity contribution >= 4 is 10.9 Å². The number of likely N-dealkylation sites (N-methyl/N-ethyl adjacent to an activating group) is 1. The van der Waals surface area contributed by atoms with Crippen LogP contribution in [-0.4, -0.2) is 33.7 Å². The second-order valence-electron chi connectivity index (χ2n) is 9.07. The molecule has 2 N–H and O–H groups in total. The molecule has 2 aliphatic carbocycles. The molecule has 1 fully saturated rings. The average Bonchev–Trinajstić information content (AvgIpc) is 3.08. The Morgan fingerprint density at radius 2 is 1.94 bits per heavy atom. The third-order valence-corrected chi connectivity index (χ3v) is 7.67. The van der Waals surface area contributed by atoms with Crippen molar-refractivity contribution < 1.29 is 26.3 Å². The number of hydrogen-bond donors (Lipinski definition) is 3. The Bertz CT molecular complexity index is 1060. The first-order valence-corrected chi connectivity index (χ1v) is 12.4. The lowest BCUT2D eigenvalue weighted by Crippen LogP contribution is -2.51. The van der Waals surface area contributed by atoms with E-state index in [0.717, 1.165) is 37.3 Å². The second kappa shape index (κ2) is 9.64. The number of fused-ring (bicyclic) bond motifs is 1. The lowest BCUT2D eigenvalue weighted by molar-refractivity contribution is -0.137. The summed E-state index contributed by atoms with van der Waals surface area (Å²) in [6, 6.07) is 11.6. The van der Waals surface area contributed by atoms with Gasteiger partial charge in [0.1, 0.15) is 5.75 Å². The molecule has 0 aliphatic heterocycles. The molecule has 33 heavy (non-hydrogen) atoms. The van der Waals surface area contributed by atoms with Gasteiger partial charge in [0.05, 0.1) is 12.2 Å². The first-order chi connectivity index (χ1) is 15.7. The van der Waals surface area contributed by atoms with E-state index in [-0.39, 0.29) is 12.0 Å².